The molecule has 0 saturated heterocycles. The summed E-state index contributed by atoms with van der Waals surface area (Å²) in [5.41, 5.74) is 15.1. The van der Waals surface area contributed by atoms with Gasteiger partial charge in [-0.3, -0.25) is 0 Å². The largest absolute Gasteiger partial charge is 0.135 e. The number of benzene rings is 11. The van der Waals surface area contributed by atoms with Crippen molar-refractivity contribution in [2.45, 2.75) is 0 Å². The average Bonchev–Trinajstić information content (AvgIpc) is 3.92. The molecule has 0 nitrogen and oxygen atoms in total. The lowest BCUT2D eigenvalue weighted by Crippen LogP contribution is -2.00. The highest BCUT2D eigenvalue weighted by Crippen LogP contribution is 2.55. The van der Waals surface area contributed by atoms with Crippen LogP contribution in [0, 0.1) is 0 Å². The zero-order chi connectivity index (χ0) is 40.5. The van der Waals surface area contributed by atoms with Gasteiger partial charge in [-0.15, -0.1) is 22.7 Å². The predicted octanol–water partition coefficient (Wildman–Crippen LogP) is 18.2. The van der Waals surface area contributed by atoms with Gasteiger partial charge in [-0.1, -0.05) is 176 Å². The summed E-state index contributed by atoms with van der Waals surface area (Å²) in [5, 5.41) is 13.0. The highest BCUT2D eigenvalue weighted by atomic mass is 32.1. The van der Waals surface area contributed by atoms with E-state index in [1.807, 2.05) is 22.7 Å². The Bertz CT molecular complexity index is 4050. The van der Waals surface area contributed by atoms with Crippen LogP contribution in [0.5, 0.6) is 0 Å². The van der Waals surface area contributed by atoms with Crippen LogP contribution in [0.4, 0.5) is 0 Å². The van der Waals surface area contributed by atoms with Crippen LogP contribution < -0.4 is 0 Å². The van der Waals surface area contributed by atoms with Gasteiger partial charge >= 0.3 is 0 Å². The van der Waals surface area contributed by atoms with Crippen molar-refractivity contribution in [2.24, 2.45) is 0 Å². The Morgan fingerprint density at radius 1 is 0.210 bits per heavy atom. The molecule has 11 aromatic carbocycles. The first-order valence-corrected chi connectivity index (χ1v) is 23.0. The van der Waals surface area contributed by atoms with Crippen molar-refractivity contribution >= 4 is 95.3 Å². The van der Waals surface area contributed by atoms with Gasteiger partial charge in [0.15, 0.2) is 0 Å². The van der Waals surface area contributed by atoms with Crippen molar-refractivity contribution in [1.29, 1.82) is 0 Å². The number of hydrogen-bond acceptors (Lipinski definition) is 2. The summed E-state index contributed by atoms with van der Waals surface area (Å²) in [7, 11) is 0. The molecular formula is C60H34S2. The topological polar surface area (TPSA) is 0 Å². The van der Waals surface area contributed by atoms with E-state index in [-0.39, 0.29) is 0 Å². The molecule has 2 aromatic heterocycles. The van der Waals surface area contributed by atoms with E-state index < -0.39 is 0 Å². The van der Waals surface area contributed by atoms with Gasteiger partial charge in [0.1, 0.15) is 0 Å². The van der Waals surface area contributed by atoms with E-state index in [1.165, 1.54) is 139 Å². The number of rotatable bonds is 2. The third-order valence-electron chi connectivity index (χ3n) is 13.4. The first-order valence-electron chi connectivity index (χ1n) is 21.3. The molecule has 0 unspecified atom stereocenters. The van der Waals surface area contributed by atoms with Crippen LogP contribution in [0.25, 0.3) is 139 Å². The molecule has 1 aliphatic rings. The monoisotopic (exact) mass is 818 g/mol. The van der Waals surface area contributed by atoms with Gasteiger partial charge in [0, 0.05) is 45.9 Å². The SMILES string of the molecule is c1ccc2c(c1)-c1ccc(-c3cccc4c3sc3ccccc34)cc1-c1cc3c4ccccc4c4ccccc4c3cc1-c1c-2cccc1-c1cccc2c1sc1ccccc12. The van der Waals surface area contributed by atoms with Crippen LogP contribution >= 0.6 is 22.7 Å². The van der Waals surface area contributed by atoms with Crippen molar-refractivity contribution in [3.8, 4) is 66.8 Å². The van der Waals surface area contributed by atoms with E-state index in [9.17, 15) is 0 Å². The summed E-state index contributed by atoms with van der Waals surface area (Å²) in [6, 6.07) is 77.8. The number of fused-ring (bicyclic) bond motifs is 20. The summed E-state index contributed by atoms with van der Waals surface area (Å²) in [4.78, 5) is 0. The van der Waals surface area contributed by atoms with E-state index >= 15 is 0 Å². The van der Waals surface area contributed by atoms with Gasteiger partial charge < -0.3 is 0 Å². The fourth-order valence-corrected chi connectivity index (χ4v) is 13.2. The minimum Gasteiger partial charge on any atom is -0.135 e. The van der Waals surface area contributed by atoms with Gasteiger partial charge in [0.05, 0.1) is 0 Å². The molecule has 286 valence electrons. The molecule has 14 rings (SSSR count). The summed E-state index contributed by atoms with van der Waals surface area (Å²) < 4.78 is 5.30. The van der Waals surface area contributed by atoms with Gasteiger partial charge in [0.25, 0.3) is 0 Å². The van der Waals surface area contributed by atoms with Crippen molar-refractivity contribution in [3.63, 3.8) is 0 Å². The third kappa shape index (κ3) is 4.82. The first-order chi connectivity index (χ1) is 30.8. The normalized spacial score (nSPS) is 12.2. The maximum absolute atomic E-state index is 2.55. The zero-order valence-corrected chi connectivity index (χ0v) is 35.1. The number of thiophene rings is 2. The minimum atomic E-state index is 1.23. The molecule has 0 saturated carbocycles. The molecule has 0 aliphatic heterocycles. The van der Waals surface area contributed by atoms with Crippen molar-refractivity contribution < 1.29 is 0 Å². The quantitative estimate of drug-likeness (QED) is 0.152. The Labute approximate surface area is 366 Å². The van der Waals surface area contributed by atoms with E-state index in [0.717, 1.165) is 0 Å². The van der Waals surface area contributed by atoms with Crippen LogP contribution in [-0.4, -0.2) is 0 Å². The molecule has 62 heavy (non-hydrogen) atoms. The zero-order valence-electron chi connectivity index (χ0n) is 33.4. The van der Waals surface area contributed by atoms with Crippen LogP contribution in [0.15, 0.2) is 206 Å². The van der Waals surface area contributed by atoms with Crippen molar-refractivity contribution in [1.82, 2.24) is 0 Å². The molecule has 0 spiro atoms. The summed E-state index contributed by atoms with van der Waals surface area (Å²) in [5.74, 6) is 0. The predicted molar refractivity (Wildman–Crippen MR) is 271 cm³/mol. The Morgan fingerprint density at radius 3 is 1.23 bits per heavy atom. The fourth-order valence-electron chi connectivity index (χ4n) is 10.7. The molecule has 0 radical (unpaired) electrons. The van der Waals surface area contributed by atoms with Crippen LogP contribution in [-0.2, 0) is 0 Å². The Kier molecular flexibility index (Phi) is 7.24. The highest BCUT2D eigenvalue weighted by molar-refractivity contribution is 7.26. The lowest BCUT2D eigenvalue weighted by Gasteiger charge is -2.27. The second-order valence-electron chi connectivity index (χ2n) is 16.6. The molecule has 0 fully saturated rings. The summed E-state index contributed by atoms with van der Waals surface area (Å²) >= 11 is 3.81. The summed E-state index contributed by atoms with van der Waals surface area (Å²) in [6.07, 6.45) is 0. The maximum Gasteiger partial charge on any atom is 0.0434 e. The van der Waals surface area contributed by atoms with E-state index in [1.54, 1.807) is 0 Å². The Hall–Kier alpha value is -7.36. The lowest BCUT2D eigenvalue weighted by molar-refractivity contribution is 1.53. The molecule has 2 heterocycles. The van der Waals surface area contributed by atoms with Crippen molar-refractivity contribution in [2.75, 3.05) is 0 Å². The molecular weight excluding hydrogens is 785 g/mol. The van der Waals surface area contributed by atoms with E-state index in [4.69, 9.17) is 0 Å². The molecule has 0 N–H and O–H groups in total. The van der Waals surface area contributed by atoms with E-state index in [2.05, 4.69) is 206 Å². The molecule has 0 bridgehead atoms. The smallest absolute Gasteiger partial charge is 0.0434 e. The molecule has 0 amide bonds. The lowest BCUT2D eigenvalue weighted by atomic mass is 9.76. The minimum absolute atomic E-state index is 1.23. The van der Waals surface area contributed by atoms with Gasteiger partial charge in [-0.05, 0) is 124 Å². The van der Waals surface area contributed by atoms with Gasteiger partial charge in [-0.25, -0.2) is 0 Å². The second-order valence-corrected chi connectivity index (χ2v) is 18.7. The van der Waals surface area contributed by atoms with Gasteiger partial charge in [-0.2, -0.15) is 0 Å². The molecule has 13 aromatic rings. The highest BCUT2D eigenvalue weighted by Gasteiger charge is 2.27. The summed E-state index contributed by atoms with van der Waals surface area (Å²) in [6.45, 7) is 0. The second kappa shape index (κ2) is 13.1. The molecule has 0 atom stereocenters. The van der Waals surface area contributed by atoms with E-state index in [0.29, 0.717) is 0 Å². The van der Waals surface area contributed by atoms with Crippen LogP contribution in [0.3, 0.4) is 0 Å². The molecule has 1 aliphatic carbocycles. The number of hydrogen-bond donors (Lipinski definition) is 0. The standard InChI is InChI=1S/C60H34S2/c1-4-17-40-39(16-1)43-31-30-35(36-22-11-25-48-44-20-7-9-28-56(44)61-59(36)48)32-51(43)54-33-52-41-18-5-2-14-37(41)38-15-3-6-19-42(38)53(52)34-55(54)58-46(40)23-12-24-47(58)50-27-13-26-49-45-21-8-10-29-57(45)62-60(49)50/h1-34H. The molecule has 2 heteroatoms. The van der Waals surface area contributed by atoms with Crippen molar-refractivity contribution in [3.05, 3.63) is 206 Å². The Balaban J connectivity index is 1.16. The maximum atomic E-state index is 2.55. The van der Waals surface area contributed by atoms with Crippen LogP contribution in [0.2, 0.25) is 0 Å². The fraction of sp³-hybridized carbons (Fsp3) is 0. The van der Waals surface area contributed by atoms with Crippen LogP contribution in [0.1, 0.15) is 0 Å². The third-order valence-corrected chi connectivity index (χ3v) is 15.9. The Morgan fingerprint density at radius 2 is 0.597 bits per heavy atom. The first kappa shape index (κ1) is 34.4. The average molecular weight is 819 g/mol. The van der Waals surface area contributed by atoms with Gasteiger partial charge in [0.2, 0.25) is 0 Å².